The SMILES string of the molecule is Cc1c[c]nn1CC1CC1. The average Bonchev–Trinajstić information content (AvgIpc) is 2.62. The molecule has 1 heterocycles. The summed E-state index contributed by atoms with van der Waals surface area (Å²) in [5, 5.41) is 4.09. The lowest BCUT2D eigenvalue weighted by Gasteiger charge is -2.00. The van der Waals surface area contributed by atoms with Crippen molar-refractivity contribution >= 4 is 0 Å². The van der Waals surface area contributed by atoms with Gasteiger partial charge in [0.2, 0.25) is 0 Å². The van der Waals surface area contributed by atoms with E-state index in [2.05, 4.69) is 18.2 Å². The number of nitrogens with zero attached hydrogens (tertiary/aromatic N) is 2. The number of aryl methyl sites for hydroxylation is 1. The quantitative estimate of drug-likeness (QED) is 0.599. The van der Waals surface area contributed by atoms with E-state index in [0.717, 1.165) is 12.5 Å². The molecule has 0 bridgehead atoms. The van der Waals surface area contributed by atoms with E-state index in [0.29, 0.717) is 0 Å². The van der Waals surface area contributed by atoms with Gasteiger partial charge in [-0.25, -0.2) is 0 Å². The topological polar surface area (TPSA) is 17.8 Å². The van der Waals surface area contributed by atoms with Gasteiger partial charge in [0, 0.05) is 12.2 Å². The molecule has 1 aromatic heterocycles. The average molecular weight is 135 g/mol. The van der Waals surface area contributed by atoms with Gasteiger partial charge < -0.3 is 0 Å². The fourth-order valence-electron chi connectivity index (χ4n) is 1.08. The van der Waals surface area contributed by atoms with Gasteiger partial charge in [0.15, 0.2) is 0 Å². The predicted molar refractivity (Wildman–Crippen MR) is 38.5 cm³/mol. The lowest BCUT2D eigenvalue weighted by Crippen LogP contribution is -2.02. The summed E-state index contributed by atoms with van der Waals surface area (Å²) >= 11 is 0. The number of aromatic nitrogens is 2. The summed E-state index contributed by atoms with van der Waals surface area (Å²) in [5.41, 5.74) is 1.23. The Morgan fingerprint density at radius 3 is 3.10 bits per heavy atom. The van der Waals surface area contributed by atoms with Gasteiger partial charge in [-0.05, 0) is 31.7 Å². The lowest BCUT2D eigenvalue weighted by atomic mass is 10.4. The van der Waals surface area contributed by atoms with Gasteiger partial charge in [-0.2, -0.15) is 5.10 Å². The van der Waals surface area contributed by atoms with Crippen LogP contribution in [0, 0.1) is 19.0 Å². The second-order valence-electron chi connectivity index (χ2n) is 3.04. The molecule has 0 saturated heterocycles. The molecular weight excluding hydrogens is 124 g/mol. The molecule has 0 aliphatic heterocycles. The first-order valence-electron chi connectivity index (χ1n) is 3.77. The van der Waals surface area contributed by atoms with Crippen LogP contribution in [0.5, 0.6) is 0 Å². The third-order valence-corrected chi connectivity index (χ3v) is 1.99. The van der Waals surface area contributed by atoms with Crippen LogP contribution in [-0.2, 0) is 6.54 Å². The third-order valence-electron chi connectivity index (χ3n) is 1.99. The lowest BCUT2D eigenvalue weighted by molar-refractivity contribution is 0.549. The van der Waals surface area contributed by atoms with E-state index in [4.69, 9.17) is 0 Å². The molecule has 1 saturated carbocycles. The fourth-order valence-corrected chi connectivity index (χ4v) is 1.08. The van der Waals surface area contributed by atoms with Gasteiger partial charge in [-0.3, -0.25) is 4.68 Å². The zero-order valence-electron chi connectivity index (χ0n) is 6.17. The summed E-state index contributed by atoms with van der Waals surface area (Å²) in [6.45, 7) is 3.18. The van der Waals surface area contributed by atoms with Crippen molar-refractivity contribution in [2.45, 2.75) is 26.3 Å². The Bertz CT molecular complexity index is 223. The van der Waals surface area contributed by atoms with Crippen molar-refractivity contribution in [3.8, 4) is 0 Å². The Balaban J connectivity index is 2.08. The highest BCUT2D eigenvalue weighted by Crippen LogP contribution is 2.30. The van der Waals surface area contributed by atoms with Crippen LogP contribution in [0.1, 0.15) is 18.5 Å². The zero-order chi connectivity index (χ0) is 6.97. The van der Waals surface area contributed by atoms with Crippen molar-refractivity contribution in [3.05, 3.63) is 18.0 Å². The first-order chi connectivity index (χ1) is 4.86. The monoisotopic (exact) mass is 135 g/mol. The molecule has 2 rings (SSSR count). The van der Waals surface area contributed by atoms with E-state index in [1.165, 1.54) is 18.5 Å². The van der Waals surface area contributed by atoms with Crippen molar-refractivity contribution in [3.63, 3.8) is 0 Å². The predicted octanol–water partition coefficient (Wildman–Crippen LogP) is 1.40. The van der Waals surface area contributed by atoms with Gasteiger partial charge in [-0.1, -0.05) is 0 Å². The van der Waals surface area contributed by atoms with Crippen LogP contribution in [-0.4, -0.2) is 9.78 Å². The Kier molecular flexibility index (Phi) is 1.26. The molecule has 53 valence electrons. The first-order valence-corrected chi connectivity index (χ1v) is 3.77. The molecule has 1 aromatic rings. The van der Waals surface area contributed by atoms with Crippen LogP contribution >= 0.6 is 0 Å². The molecule has 0 spiro atoms. The largest absolute Gasteiger partial charge is 0.269 e. The highest BCUT2D eigenvalue weighted by molar-refractivity contribution is 4.96. The van der Waals surface area contributed by atoms with Crippen LogP contribution in [0.15, 0.2) is 6.07 Å². The maximum Gasteiger partial charge on any atom is 0.113 e. The van der Waals surface area contributed by atoms with Gasteiger partial charge in [0.1, 0.15) is 6.20 Å². The first kappa shape index (κ1) is 5.96. The van der Waals surface area contributed by atoms with Crippen LogP contribution in [0.2, 0.25) is 0 Å². The van der Waals surface area contributed by atoms with Crippen molar-refractivity contribution in [1.29, 1.82) is 0 Å². The Labute approximate surface area is 60.9 Å². The van der Waals surface area contributed by atoms with Gasteiger partial charge in [0.25, 0.3) is 0 Å². The van der Waals surface area contributed by atoms with Crippen molar-refractivity contribution in [2.75, 3.05) is 0 Å². The van der Waals surface area contributed by atoms with E-state index in [1.807, 2.05) is 10.7 Å². The molecule has 1 radical (unpaired) electrons. The molecule has 2 heteroatoms. The molecule has 1 aliphatic rings. The Morgan fingerprint density at radius 1 is 1.80 bits per heavy atom. The minimum absolute atomic E-state index is 0.909. The molecule has 0 atom stereocenters. The van der Waals surface area contributed by atoms with E-state index in [-0.39, 0.29) is 0 Å². The van der Waals surface area contributed by atoms with Crippen LogP contribution in [0.4, 0.5) is 0 Å². The Morgan fingerprint density at radius 2 is 2.60 bits per heavy atom. The highest BCUT2D eigenvalue weighted by atomic mass is 15.3. The fraction of sp³-hybridized carbons (Fsp3) is 0.625. The molecule has 0 amide bonds. The minimum Gasteiger partial charge on any atom is -0.269 e. The number of hydrogen-bond acceptors (Lipinski definition) is 1. The van der Waals surface area contributed by atoms with E-state index in [9.17, 15) is 0 Å². The Hall–Kier alpha value is -0.790. The highest BCUT2D eigenvalue weighted by Gasteiger charge is 2.22. The van der Waals surface area contributed by atoms with Crippen LogP contribution in [0.3, 0.4) is 0 Å². The van der Waals surface area contributed by atoms with Gasteiger partial charge >= 0.3 is 0 Å². The van der Waals surface area contributed by atoms with Crippen molar-refractivity contribution < 1.29 is 0 Å². The molecule has 0 N–H and O–H groups in total. The van der Waals surface area contributed by atoms with E-state index >= 15 is 0 Å². The molecular formula is C8H11N2. The van der Waals surface area contributed by atoms with Gasteiger partial charge in [0.05, 0.1) is 0 Å². The molecule has 2 nitrogen and oxygen atoms in total. The maximum absolute atomic E-state index is 4.09. The van der Waals surface area contributed by atoms with Crippen LogP contribution < -0.4 is 0 Å². The molecule has 0 unspecified atom stereocenters. The summed E-state index contributed by atoms with van der Waals surface area (Å²) < 4.78 is 2.04. The third kappa shape index (κ3) is 1.06. The molecule has 0 aromatic carbocycles. The molecule has 1 fully saturated rings. The van der Waals surface area contributed by atoms with E-state index in [1.54, 1.807) is 0 Å². The minimum atomic E-state index is 0.909. The van der Waals surface area contributed by atoms with E-state index < -0.39 is 0 Å². The molecule has 10 heavy (non-hydrogen) atoms. The summed E-state index contributed by atoms with van der Waals surface area (Å²) in [7, 11) is 0. The summed E-state index contributed by atoms with van der Waals surface area (Å²) in [5.74, 6) is 0.909. The standard InChI is InChI=1S/C8H11N2/c1-7-4-5-9-10(7)6-8-2-3-8/h4,8H,2-3,6H2,1H3. The second kappa shape index (κ2) is 2.11. The zero-order valence-corrected chi connectivity index (χ0v) is 6.17. The van der Waals surface area contributed by atoms with Crippen molar-refractivity contribution in [1.82, 2.24) is 9.78 Å². The summed E-state index contributed by atoms with van der Waals surface area (Å²) in [6.07, 6.45) is 5.62. The van der Waals surface area contributed by atoms with Crippen molar-refractivity contribution in [2.24, 2.45) is 5.92 Å². The molecule has 1 aliphatic carbocycles. The second-order valence-corrected chi connectivity index (χ2v) is 3.04. The summed E-state index contributed by atoms with van der Waals surface area (Å²) in [6, 6.07) is 1.93. The normalized spacial score (nSPS) is 17.7. The summed E-state index contributed by atoms with van der Waals surface area (Å²) in [4.78, 5) is 0. The van der Waals surface area contributed by atoms with Gasteiger partial charge in [-0.15, -0.1) is 0 Å². The number of hydrogen-bond donors (Lipinski definition) is 0. The number of rotatable bonds is 2. The smallest absolute Gasteiger partial charge is 0.113 e. The maximum atomic E-state index is 4.09. The van der Waals surface area contributed by atoms with Crippen LogP contribution in [0.25, 0.3) is 0 Å².